The van der Waals surface area contributed by atoms with Gasteiger partial charge in [-0.3, -0.25) is 4.72 Å². The quantitative estimate of drug-likeness (QED) is 0.166. The van der Waals surface area contributed by atoms with Crippen LogP contribution in [0.4, 0.5) is 20.8 Å². The van der Waals surface area contributed by atoms with Crippen molar-refractivity contribution in [2.75, 3.05) is 23.1 Å². The largest absolute Gasteiger partial charge is 0.465 e. The number of carboxylic acid groups (broad SMARTS) is 1. The first-order chi connectivity index (χ1) is 22.1. The topological polar surface area (TPSA) is 160 Å². The predicted molar refractivity (Wildman–Crippen MR) is 173 cm³/mol. The molecule has 4 heterocycles. The number of likely N-dealkylation sites (tertiary alicyclic amines) is 1. The molecule has 1 aliphatic rings. The Morgan fingerprint density at radius 1 is 1.11 bits per heavy atom. The highest BCUT2D eigenvalue weighted by molar-refractivity contribution is 7.91. The molecule has 1 atom stereocenters. The fraction of sp³-hybridized carbons (Fsp3) is 0.258. The summed E-state index contributed by atoms with van der Waals surface area (Å²) in [5, 5.41) is 15.8. The second-order valence-electron chi connectivity index (χ2n) is 10.9. The van der Waals surface area contributed by atoms with E-state index in [1.165, 1.54) is 28.4 Å². The average molecular weight is 664 g/mol. The number of nitrogens with one attached hydrogen (secondary N) is 2. The molecule has 15 heteroatoms. The van der Waals surface area contributed by atoms with E-state index in [1.54, 1.807) is 55.0 Å². The van der Waals surface area contributed by atoms with Crippen molar-refractivity contribution >= 4 is 49.9 Å². The first-order valence-corrected chi connectivity index (χ1v) is 16.9. The molecule has 1 saturated heterocycles. The zero-order chi connectivity index (χ0) is 32.4. The lowest BCUT2D eigenvalue weighted by molar-refractivity contribution is 0.132. The Bertz CT molecular complexity index is 2040. The standard InChI is InChI=1S/C31H30FN7O5S2/c1-18-7-8-22-23(9-10-25(32)27(22)38-46(42,43)17-21-16-45-19(2)35-21)28(18)44-29-24(6-3-12-33-29)26-11-13-34-30(37-26)36-20-5-4-14-39(15-20)31(40)41/h3,6-13,16,20,38H,4-5,14-15,17H2,1-2H3,(H,40,41)(H,34,36,37). The number of anilines is 2. The van der Waals surface area contributed by atoms with Crippen LogP contribution >= 0.6 is 11.3 Å². The lowest BCUT2D eigenvalue weighted by Gasteiger charge is -2.31. The number of nitrogens with zero attached hydrogens (tertiary/aromatic N) is 5. The third kappa shape index (κ3) is 6.84. The maximum absolute atomic E-state index is 15.2. The number of amides is 1. The molecule has 0 radical (unpaired) electrons. The molecule has 1 fully saturated rings. The van der Waals surface area contributed by atoms with Gasteiger partial charge in [0.25, 0.3) is 0 Å². The Morgan fingerprint density at radius 2 is 1.93 bits per heavy atom. The average Bonchev–Trinajstić information content (AvgIpc) is 3.43. The maximum Gasteiger partial charge on any atom is 0.407 e. The van der Waals surface area contributed by atoms with Crippen LogP contribution in [-0.2, 0) is 15.8 Å². The highest BCUT2D eigenvalue weighted by atomic mass is 32.2. The summed E-state index contributed by atoms with van der Waals surface area (Å²) in [5.74, 6) is -0.191. The van der Waals surface area contributed by atoms with Gasteiger partial charge in [-0.1, -0.05) is 12.1 Å². The molecular weight excluding hydrogens is 634 g/mol. The SMILES string of the molecule is Cc1nc(CS(=O)(=O)Nc2c(F)ccc3c(Oc4ncccc4-c4ccnc(NC5CCCN(C(=O)O)C5)n4)c(C)ccc23)cs1. The van der Waals surface area contributed by atoms with Crippen LogP contribution in [0.2, 0.25) is 0 Å². The summed E-state index contributed by atoms with van der Waals surface area (Å²) in [5.41, 5.74) is 1.98. The van der Waals surface area contributed by atoms with Crippen molar-refractivity contribution in [3.05, 3.63) is 82.3 Å². The Balaban J connectivity index is 1.30. The predicted octanol–water partition coefficient (Wildman–Crippen LogP) is 6.19. The molecule has 0 spiro atoms. The minimum absolute atomic E-state index is 0.138. The van der Waals surface area contributed by atoms with Crippen LogP contribution in [0.15, 0.2) is 60.2 Å². The number of aryl methyl sites for hydroxylation is 2. The number of fused-ring (bicyclic) bond motifs is 1. The molecule has 2 aromatic carbocycles. The van der Waals surface area contributed by atoms with Gasteiger partial charge in [-0.15, -0.1) is 11.3 Å². The van der Waals surface area contributed by atoms with E-state index in [2.05, 4.69) is 30.0 Å². The summed E-state index contributed by atoms with van der Waals surface area (Å²) in [6, 6.07) is 11.2. The minimum Gasteiger partial charge on any atom is -0.465 e. The number of halogens is 1. The van der Waals surface area contributed by atoms with Crippen molar-refractivity contribution in [2.45, 2.75) is 38.5 Å². The molecule has 1 aliphatic heterocycles. The van der Waals surface area contributed by atoms with Gasteiger partial charge in [0.2, 0.25) is 21.9 Å². The van der Waals surface area contributed by atoms with Crippen LogP contribution in [-0.4, -0.2) is 63.6 Å². The Morgan fingerprint density at radius 3 is 2.72 bits per heavy atom. The first kappa shape index (κ1) is 31.1. The molecule has 0 aliphatic carbocycles. The van der Waals surface area contributed by atoms with Gasteiger partial charge < -0.3 is 20.1 Å². The van der Waals surface area contributed by atoms with Crippen molar-refractivity contribution in [2.24, 2.45) is 0 Å². The molecule has 5 aromatic rings. The van der Waals surface area contributed by atoms with Gasteiger partial charge in [0.1, 0.15) is 17.3 Å². The number of benzene rings is 2. The molecule has 3 aromatic heterocycles. The molecule has 12 nitrogen and oxygen atoms in total. The van der Waals surface area contributed by atoms with Crippen LogP contribution < -0.4 is 14.8 Å². The smallest absolute Gasteiger partial charge is 0.407 e. The third-order valence-corrected chi connectivity index (χ3v) is 9.50. The summed E-state index contributed by atoms with van der Waals surface area (Å²) in [6.45, 7) is 4.43. The molecule has 238 valence electrons. The number of carbonyl (C=O) groups is 1. The molecule has 1 unspecified atom stereocenters. The fourth-order valence-electron chi connectivity index (χ4n) is 5.35. The lowest BCUT2D eigenvalue weighted by atomic mass is 10.0. The molecule has 1 amide bonds. The van der Waals surface area contributed by atoms with E-state index in [9.17, 15) is 18.3 Å². The van der Waals surface area contributed by atoms with Crippen LogP contribution in [0.5, 0.6) is 11.6 Å². The van der Waals surface area contributed by atoms with Gasteiger partial charge in [0.15, 0.2) is 0 Å². The van der Waals surface area contributed by atoms with E-state index in [4.69, 9.17) is 4.74 Å². The van der Waals surface area contributed by atoms with Crippen LogP contribution in [0, 0.1) is 19.7 Å². The number of rotatable bonds is 9. The van der Waals surface area contributed by atoms with E-state index in [1.807, 2.05) is 6.92 Å². The van der Waals surface area contributed by atoms with E-state index in [0.717, 1.165) is 17.8 Å². The number of piperidine rings is 1. The third-order valence-electron chi connectivity index (χ3n) is 7.49. The second kappa shape index (κ2) is 12.8. The van der Waals surface area contributed by atoms with Crippen molar-refractivity contribution in [1.29, 1.82) is 0 Å². The normalized spacial score (nSPS) is 15.1. The van der Waals surface area contributed by atoms with E-state index in [-0.39, 0.29) is 17.6 Å². The lowest BCUT2D eigenvalue weighted by Crippen LogP contribution is -2.44. The van der Waals surface area contributed by atoms with Gasteiger partial charge in [-0.2, -0.15) is 0 Å². The van der Waals surface area contributed by atoms with Crippen molar-refractivity contribution in [3.63, 3.8) is 0 Å². The van der Waals surface area contributed by atoms with E-state index < -0.39 is 27.7 Å². The maximum atomic E-state index is 15.2. The van der Waals surface area contributed by atoms with Crippen LogP contribution in [0.1, 0.15) is 29.1 Å². The van der Waals surface area contributed by atoms with Gasteiger partial charge in [0, 0.05) is 47.7 Å². The molecular formula is C31H30FN7O5S2. The minimum atomic E-state index is -3.99. The van der Waals surface area contributed by atoms with Crippen molar-refractivity contribution in [3.8, 4) is 22.9 Å². The number of hydrogen-bond acceptors (Lipinski definition) is 10. The highest BCUT2D eigenvalue weighted by Crippen LogP contribution is 2.40. The zero-order valence-electron chi connectivity index (χ0n) is 24.9. The number of thiazole rings is 1. The van der Waals surface area contributed by atoms with E-state index >= 15 is 4.39 Å². The van der Waals surface area contributed by atoms with Gasteiger partial charge in [-0.05, 0) is 62.6 Å². The Hall–Kier alpha value is -4.89. The summed E-state index contributed by atoms with van der Waals surface area (Å²) >= 11 is 1.34. The first-order valence-electron chi connectivity index (χ1n) is 14.4. The molecule has 46 heavy (non-hydrogen) atoms. The van der Waals surface area contributed by atoms with Gasteiger partial charge in [0.05, 0.1) is 27.6 Å². The summed E-state index contributed by atoms with van der Waals surface area (Å²) in [4.78, 5) is 30.5. The van der Waals surface area contributed by atoms with Crippen molar-refractivity contribution < 1.29 is 27.4 Å². The van der Waals surface area contributed by atoms with Crippen LogP contribution in [0.25, 0.3) is 22.0 Å². The summed E-state index contributed by atoms with van der Waals surface area (Å²) in [7, 11) is -3.99. The Labute approximate surface area is 268 Å². The van der Waals surface area contributed by atoms with E-state index in [0.29, 0.717) is 58.1 Å². The second-order valence-corrected chi connectivity index (χ2v) is 13.7. The monoisotopic (exact) mass is 663 g/mol. The summed E-state index contributed by atoms with van der Waals surface area (Å²) in [6.07, 6.45) is 3.72. The molecule has 0 saturated carbocycles. The Kier molecular flexibility index (Phi) is 8.69. The molecule has 3 N–H and O–H groups in total. The van der Waals surface area contributed by atoms with Crippen LogP contribution in [0.3, 0.4) is 0 Å². The van der Waals surface area contributed by atoms with Crippen molar-refractivity contribution in [1.82, 2.24) is 24.8 Å². The number of pyridine rings is 1. The van der Waals surface area contributed by atoms with Gasteiger partial charge >= 0.3 is 6.09 Å². The highest BCUT2D eigenvalue weighted by Gasteiger charge is 2.24. The molecule has 6 rings (SSSR count). The number of ether oxygens (including phenoxy) is 1. The zero-order valence-corrected chi connectivity index (χ0v) is 26.5. The van der Waals surface area contributed by atoms with Gasteiger partial charge in [-0.25, -0.2) is 37.5 Å². The molecule has 0 bridgehead atoms. The number of hydrogen-bond donors (Lipinski definition) is 3. The number of sulfonamides is 1. The summed E-state index contributed by atoms with van der Waals surface area (Å²) < 4.78 is 50.0. The fourth-order valence-corrected chi connectivity index (χ4v) is 7.20. The number of aromatic nitrogens is 4.